The van der Waals surface area contributed by atoms with Gasteiger partial charge in [0.2, 0.25) is 0 Å². The first-order chi connectivity index (χ1) is 7.36. The second kappa shape index (κ2) is 6.85. The van der Waals surface area contributed by atoms with Crippen LogP contribution in [0, 0.1) is 0 Å². The highest BCUT2D eigenvalue weighted by Crippen LogP contribution is 2.07. The summed E-state index contributed by atoms with van der Waals surface area (Å²) in [5.74, 6) is -0.0319. The molecule has 0 saturated carbocycles. The zero-order valence-electron chi connectivity index (χ0n) is 8.77. The average Bonchev–Trinajstić information content (AvgIpc) is 2.80. The van der Waals surface area contributed by atoms with Crippen LogP contribution in [0.2, 0.25) is 0 Å². The molecule has 1 aromatic rings. The molecule has 0 radical (unpaired) electrons. The first-order valence-electron chi connectivity index (χ1n) is 4.98. The van der Waals surface area contributed by atoms with Gasteiger partial charge in [-0.3, -0.25) is 4.79 Å². The van der Waals surface area contributed by atoms with E-state index in [4.69, 9.17) is 4.74 Å². The van der Waals surface area contributed by atoms with Gasteiger partial charge in [-0.05, 0) is 11.4 Å². The fraction of sp³-hybridized carbons (Fsp3) is 0.500. The van der Waals surface area contributed by atoms with Crippen LogP contribution in [0.5, 0.6) is 0 Å². The Bertz CT molecular complexity index is 313. The fourth-order valence-corrected chi connectivity index (χ4v) is 2.08. The molecule has 2 heterocycles. The Kier molecular flexibility index (Phi) is 5.76. The summed E-state index contributed by atoms with van der Waals surface area (Å²) < 4.78 is 5.34. The maximum absolute atomic E-state index is 11.6. The predicted molar refractivity (Wildman–Crippen MR) is 66.0 cm³/mol. The van der Waals surface area contributed by atoms with Crippen LogP contribution in [0.3, 0.4) is 0 Å². The summed E-state index contributed by atoms with van der Waals surface area (Å²) in [6.45, 7) is 2.64. The van der Waals surface area contributed by atoms with E-state index in [1.807, 2.05) is 17.5 Å². The predicted octanol–water partition coefficient (Wildman–Crippen LogP) is 0.774. The lowest BCUT2D eigenvalue weighted by molar-refractivity contribution is -0.134. The van der Waals surface area contributed by atoms with Gasteiger partial charge in [-0.2, -0.15) is 0 Å². The quantitative estimate of drug-likeness (QED) is 0.846. The van der Waals surface area contributed by atoms with Gasteiger partial charge < -0.3 is 15.4 Å². The number of rotatable bonds is 3. The lowest BCUT2D eigenvalue weighted by atomic mass is 10.3. The van der Waals surface area contributed by atoms with Crippen LogP contribution in [0.4, 0.5) is 0 Å². The summed E-state index contributed by atoms with van der Waals surface area (Å²) in [5.41, 5.74) is 0. The smallest absolute Gasteiger partial charge is 0.250 e. The van der Waals surface area contributed by atoms with Crippen molar-refractivity contribution in [1.29, 1.82) is 0 Å². The molecule has 1 fully saturated rings. The van der Waals surface area contributed by atoms with Crippen molar-refractivity contribution in [3.05, 3.63) is 22.4 Å². The van der Waals surface area contributed by atoms with Gasteiger partial charge in [-0.25, -0.2) is 0 Å². The van der Waals surface area contributed by atoms with E-state index in [-0.39, 0.29) is 24.4 Å². The van der Waals surface area contributed by atoms with Crippen molar-refractivity contribution in [3.8, 4) is 0 Å². The van der Waals surface area contributed by atoms with Crippen LogP contribution in [-0.4, -0.2) is 31.7 Å². The maximum atomic E-state index is 11.6. The molecule has 2 N–H and O–H groups in total. The van der Waals surface area contributed by atoms with Crippen LogP contribution in [0.15, 0.2) is 17.5 Å². The van der Waals surface area contributed by atoms with E-state index in [1.165, 1.54) is 0 Å². The molecular weight excluding hydrogens is 248 g/mol. The van der Waals surface area contributed by atoms with Crippen molar-refractivity contribution >= 4 is 29.7 Å². The standard InChI is InChI=1S/C10H14N2O2S.ClH/c13-10(9-7-11-3-4-14-9)12-6-8-2-1-5-15-8;/h1-2,5,9,11H,3-4,6-7H2,(H,12,13);1H/t9-;/m0./s1. The van der Waals surface area contributed by atoms with E-state index in [0.717, 1.165) is 11.4 Å². The number of hydrogen-bond donors (Lipinski definition) is 2. The highest BCUT2D eigenvalue weighted by molar-refractivity contribution is 7.09. The SMILES string of the molecule is Cl.O=C(NCc1cccs1)[C@@H]1CNCCO1. The first-order valence-corrected chi connectivity index (χ1v) is 5.86. The number of carbonyl (C=O) groups excluding carboxylic acids is 1. The molecule has 1 aliphatic heterocycles. The van der Waals surface area contributed by atoms with E-state index in [2.05, 4.69) is 10.6 Å². The molecule has 1 atom stereocenters. The largest absolute Gasteiger partial charge is 0.366 e. The summed E-state index contributed by atoms with van der Waals surface area (Å²) in [6.07, 6.45) is -0.335. The minimum atomic E-state index is -0.335. The van der Waals surface area contributed by atoms with Crippen LogP contribution < -0.4 is 10.6 Å². The van der Waals surface area contributed by atoms with E-state index in [0.29, 0.717) is 19.7 Å². The minimum Gasteiger partial charge on any atom is -0.366 e. The molecule has 90 valence electrons. The highest BCUT2D eigenvalue weighted by Gasteiger charge is 2.21. The molecular formula is C10H15ClN2O2S. The second-order valence-electron chi connectivity index (χ2n) is 3.36. The van der Waals surface area contributed by atoms with Crippen molar-refractivity contribution in [1.82, 2.24) is 10.6 Å². The van der Waals surface area contributed by atoms with Gasteiger partial charge in [0.15, 0.2) is 0 Å². The van der Waals surface area contributed by atoms with Gasteiger partial charge in [-0.1, -0.05) is 6.07 Å². The lowest BCUT2D eigenvalue weighted by Gasteiger charge is -2.22. The molecule has 0 spiro atoms. The van der Waals surface area contributed by atoms with Gasteiger partial charge in [0, 0.05) is 18.0 Å². The summed E-state index contributed by atoms with van der Waals surface area (Å²) in [7, 11) is 0. The number of morpholine rings is 1. The van der Waals surface area contributed by atoms with Crippen LogP contribution in [0.1, 0.15) is 4.88 Å². The van der Waals surface area contributed by atoms with Crippen molar-refractivity contribution in [2.24, 2.45) is 0 Å². The van der Waals surface area contributed by atoms with Crippen molar-refractivity contribution in [2.75, 3.05) is 19.7 Å². The number of amides is 1. The molecule has 0 unspecified atom stereocenters. The molecule has 4 nitrogen and oxygen atoms in total. The van der Waals surface area contributed by atoms with Crippen LogP contribution in [-0.2, 0) is 16.1 Å². The summed E-state index contributed by atoms with van der Waals surface area (Å²) in [5, 5.41) is 7.99. The third-order valence-corrected chi connectivity index (χ3v) is 3.11. The molecule has 1 aromatic heterocycles. The molecule has 1 aliphatic rings. The Balaban J connectivity index is 0.00000128. The van der Waals surface area contributed by atoms with E-state index in [1.54, 1.807) is 11.3 Å². The Morgan fingerprint density at radius 1 is 1.69 bits per heavy atom. The first kappa shape index (κ1) is 13.4. The number of halogens is 1. The topological polar surface area (TPSA) is 50.4 Å². The van der Waals surface area contributed by atoms with Crippen molar-refractivity contribution in [3.63, 3.8) is 0 Å². The Morgan fingerprint density at radius 3 is 3.19 bits per heavy atom. The fourth-order valence-electron chi connectivity index (χ4n) is 1.44. The van der Waals surface area contributed by atoms with Crippen LogP contribution in [0.25, 0.3) is 0 Å². The summed E-state index contributed by atoms with van der Waals surface area (Å²) in [4.78, 5) is 12.8. The molecule has 2 rings (SSSR count). The highest BCUT2D eigenvalue weighted by atomic mass is 35.5. The van der Waals surface area contributed by atoms with Gasteiger partial charge in [-0.15, -0.1) is 23.7 Å². The Morgan fingerprint density at radius 2 is 2.56 bits per heavy atom. The zero-order valence-corrected chi connectivity index (χ0v) is 10.4. The van der Waals surface area contributed by atoms with Gasteiger partial charge in [0.25, 0.3) is 5.91 Å². The number of thiophene rings is 1. The number of nitrogens with one attached hydrogen (secondary N) is 2. The molecule has 0 aliphatic carbocycles. The molecule has 1 amide bonds. The average molecular weight is 263 g/mol. The summed E-state index contributed by atoms with van der Waals surface area (Å²) >= 11 is 1.64. The number of carbonyl (C=O) groups is 1. The third kappa shape index (κ3) is 3.75. The minimum absolute atomic E-state index is 0. The molecule has 6 heteroatoms. The molecule has 16 heavy (non-hydrogen) atoms. The van der Waals surface area contributed by atoms with Crippen molar-refractivity contribution < 1.29 is 9.53 Å². The van der Waals surface area contributed by atoms with Gasteiger partial charge in [0.1, 0.15) is 6.10 Å². The molecule has 0 aromatic carbocycles. The number of ether oxygens (including phenoxy) is 1. The monoisotopic (exact) mass is 262 g/mol. The van der Waals surface area contributed by atoms with Gasteiger partial charge >= 0.3 is 0 Å². The Labute approximate surface area is 105 Å². The molecule has 1 saturated heterocycles. The van der Waals surface area contributed by atoms with E-state index in [9.17, 15) is 4.79 Å². The van der Waals surface area contributed by atoms with Gasteiger partial charge in [0.05, 0.1) is 13.2 Å². The lowest BCUT2D eigenvalue weighted by Crippen LogP contribution is -2.47. The van der Waals surface area contributed by atoms with Crippen molar-refractivity contribution in [2.45, 2.75) is 12.6 Å². The second-order valence-corrected chi connectivity index (χ2v) is 4.39. The molecule has 0 bridgehead atoms. The normalized spacial score (nSPS) is 19.9. The summed E-state index contributed by atoms with van der Waals surface area (Å²) in [6, 6.07) is 3.98. The number of hydrogen-bond acceptors (Lipinski definition) is 4. The van der Waals surface area contributed by atoms with E-state index >= 15 is 0 Å². The zero-order chi connectivity index (χ0) is 10.5. The maximum Gasteiger partial charge on any atom is 0.250 e. The Hall–Kier alpha value is -0.620. The van der Waals surface area contributed by atoms with E-state index < -0.39 is 0 Å². The third-order valence-electron chi connectivity index (χ3n) is 2.24. The van der Waals surface area contributed by atoms with Crippen LogP contribution >= 0.6 is 23.7 Å².